The zero-order chi connectivity index (χ0) is 8.69. The van der Waals surface area contributed by atoms with Crippen molar-refractivity contribution in [2.45, 2.75) is 19.9 Å². The van der Waals surface area contributed by atoms with Crippen molar-refractivity contribution in [2.24, 2.45) is 0 Å². The predicted octanol–water partition coefficient (Wildman–Crippen LogP) is 2.28. The lowest BCUT2D eigenvalue weighted by Crippen LogP contribution is -2.21. The number of allylic oxidation sites excluding steroid dienone is 4. The fourth-order valence-corrected chi connectivity index (χ4v) is 0.658. The highest BCUT2D eigenvalue weighted by molar-refractivity contribution is 5.17. The zero-order valence-electron chi connectivity index (χ0n) is 7.59. The van der Waals surface area contributed by atoms with E-state index in [9.17, 15) is 0 Å². The van der Waals surface area contributed by atoms with Crippen LogP contribution in [0.2, 0.25) is 0 Å². The highest BCUT2D eigenvalue weighted by Gasteiger charge is 1.96. The fourth-order valence-electron chi connectivity index (χ4n) is 0.658. The molecule has 0 bridgehead atoms. The molecule has 0 rings (SSSR count). The minimum atomic E-state index is 0.449. The van der Waals surface area contributed by atoms with Crippen LogP contribution >= 0.6 is 0 Å². The van der Waals surface area contributed by atoms with Gasteiger partial charge in [-0.25, -0.2) is 0 Å². The molecular weight excluding hydrogens is 134 g/mol. The van der Waals surface area contributed by atoms with Crippen LogP contribution in [-0.4, -0.2) is 13.1 Å². The van der Waals surface area contributed by atoms with Gasteiger partial charge in [-0.15, -0.1) is 0 Å². The molecule has 0 fully saturated rings. The largest absolute Gasteiger partial charge is 0.314 e. The van der Waals surface area contributed by atoms with Crippen LogP contribution in [0.1, 0.15) is 13.8 Å². The third-order valence-corrected chi connectivity index (χ3v) is 1.72. The van der Waals surface area contributed by atoms with Crippen LogP contribution in [0.15, 0.2) is 36.5 Å². The first-order chi connectivity index (χ1) is 5.22. The summed E-state index contributed by atoms with van der Waals surface area (Å²) in [5.74, 6) is 0. The average molecular weight is 151 g/mol. The van der Waals surface area contributed by atoms with Crippen molar-refractivity contribution in [3.8, 4) is 0 Å². The van der Waals surface area contributed by atoms with E-state index in [-0.39, 0.29) is 0 Å². The summed E-state index contributed by atoms with van der Waals surface area (Å²) in [6, 6.07) is 0.449. The normalized spacial score (nSPS) is 15.4. The number of hydrogen-bond acceptors (Lipinski definition) is 1. The summed E-state index contributed by atoms with van der Waals surface area (Å²) in [6.45, 7) is 7.83. The van der Waals surface area contributed by atoms with Crippen LogP contribution in [0.5, 0.6) is 0 Å². The summed E-state index contributed by atoms with van der Waals surface area (Å²) in [6.07, 6.45) is 7.78. The molecule has 0 amide bonds. The van der Waals surface area contributed by atoms with Crippen molar-refractivity contribution in [1.82, 2.24) is 5.32 Å². The molecule has 0 spiro atoms. The van der Waals surface area contributed by atoms with Crippen LogP contribution < -0.4 is 5.32 Å². The molecule has 1 heteroatoms. The summed E-state index contributed by atoms with van der Waals surface area (Å²) >= 11 is 0. The minimum Gasteiger partial charge on any atom is -0.314 e. The third kappa shape index (κ3) is 4.57. The minimum absolute atomic E-state index is 0.449. The van der Waals surface area contributed by atoms with Gasteiger partial charge in [0.05, 0.1) is 0 Å². The molecular formula is C10H17N. The summed E-state index contributed by atoms with van der Waals surface area (Å²) in [7, 11) is 1.96. The quantitative estimate of drug-likeness (QED) is 0.608. The standard InChI is InChI=1S/C10H17N/c1-5-6-7-8-9(2)10(3)11-4/h5-8,10-11H,1H2,2-4H3/b7-6-,9-8+/t10-/m0/s1. The Balaban J connectivity index is 3.98. The lowest BCUT2D eigenvalue weighted by Gasteiger charge is -2.08. The van der Waals surface area contributed by atoms with E-state index in [4.69, 9.17) is 0 Å². The summed E-state index contributed by atoms with van der Waals surface area (Å²) < 4.78 is 0. The second kappa shape index (κ2) is 5.93. The Morgan fingerprint density at radius 2 is 2.09 bits per heavy atom. The van der Waals surface area contributed by atoms with E-state index in [0.29, 0.717) is 6.04 Å². The molecule has 0 aromatic rings. The van der Waals surface area contributed by atoms with Gasteiger partial charge in [0.15, 0.2) is 0 Å². The molecule has 11 heavy (non-hydrogen) atoms. The molecule has 1 nitrogen and oxygen atoms in total. The molecule has 0 radical (unpaired) electrons. The van der Waals surface area contributed by atoms with E-state index < -0.39 is 0 Å². The molecule has 0 aliphatic rings. The van der Waals surface area contributed by atoms with Crippen molar-refractivity contribution in [3.05, 3.63) is 36.5 Å². The molecule has 0 saturated carbocycles. The van der Waals surface area contributed by atoms with Gasteiger partial charge in [0, 0.05) is 6.04 Å². The lowest BCUT2D eigenvalue weighted by atomic mass is 10.1. The number of hydrogen-bond donors (Lipinski definition) is 1. The van der Waals surface area contributed by atoms with Crippen LogP contribution in [0.25, 0.3) is 0 Å². The van der Waals surface area contributed by atoms with Gasteiger partial charge >= 0.3 is 0 Å². The highest BCUT2D eigenvalue weighted by atomic mass is 14.8. The van der Waals surface area contributed by atoms with Crippen LogP contribution in [0.3, 0.4) is 0 Å². The topological polar surface area (TPSA) is 12.0 Å². The Morgan fingerprint density at radius 3 is 2.55 bits per heavy atom. The Bertz CT molecular complexity index is 166. The van der Waals surface area contributed by atoms with E-state index >= 15 is 0 Å². The molecule has 0 aliphatic heterocycles. The molecule has 0 aliphatic carbocycles. The molecule has 1 N–H and O–H groups in total. The monoisotopic (exact) mass is 151 g/mol. The Kier molecular flexibility index (Phi) is 5.49. The van der Waals surface area contributed by atoms with Gasteiger partial charge in [0.25, 0.3) is 0 Å². The van der Waals surface area contributed by atoms with E-state index in [1.807, 2.05) is 19.2 Å². The number of nitrogens with one attached hydrogen (secondary N) is 1. The highest BCUT2D eigenvalue weighted by Crippen LogP contribution is 1.99. The maximum absolute atomic E-state index is 3.59. The van der Waals surface area contributed by atoms with Crippen LogP contribution in [0.4, 0.5) is 0 Å². The second-order valence-electron chi connectivity index (χ2n) is 2.54. The Morgan fingerprint density at radius 1 is 1.45 bits per heavy atom. The van der Waals surface area contributed by atoms with Gasteiger partial charge in [-0.3, -0.25) is 0 Å². The number of rotatable bonds is 4. The van der Waals surface area contributed by atoms with Crippen LogP contribution in [-0.2, 0) is 0 Å². The molecule has 0 aromatic heterocycles. The van der Waals surface area contributed by atoms with Gasteiger partial charge < -0.3 is 5.32 Å². The first kappa shape index (κ1) is 10.2. The second-order valence-corrected chi connectivity index (χ2v) is 2.54. The molecule has 0 heterocycles. The van der Waals surface area contributed by atoms with E-state index in [1.54, 1.807) is 6.08 Å². The molecule has 62 valence electrons. The van der Waals surface area contributed by atoms with Crippen molar-refractivity contribution in [1.29, 1.82) is 0 Å². The van der Waals surface area contributed by atoms with Gasteiger partial charge in [-0.05, 0) is 20.9 Å². The first-order valence-electron chi connectivity index (χ1n) is 3.85. The first-order valence-corrected chi connectivity index (χ1v) is 3.85. The SMILES string of the molecule is C=C/C=C\C=C(/C)[C@H](C)NC. The zero-order valence-corrected chi connectivity index (χ0v) is 7.59. The maximum Gasteiger partial charge on any atom is 0.0248 e. The third-order valence-electron chi connectivity index (χ3n) is 1.72. The van der Waals surface area contributed by atoms with Crippen LogP contribution in [0, 0.1) is 0 Å². The molecule has 0 unspecified atom stereocenters. The van der Waals surface area contributed by atoms with Crippen molar-refractivity contribution in [3.63, 3.8) is 0 Å². The van der Waals surface area contributed by atoms with E-state index in [0.717, 1.165) is 0 Å². The van der Waals surface area contributed by atoms with Crippen molar-refractivity contribution in [2.75, 3.05) is 7.05 Å². The lowest BCUT2D eigenvalue weighted by molar-refractivity contribution is 0.692. The van der Waals surface area contributed by atoms with E-state index in [2.05, 4.69) is 31.8 Å². The Hall–Kier alpha value is -0.820. The Labute approximate surface area is 69.5 Å². The van der Waals surface area contributed by atoms with E-state index in [1.165, 1.54) is 5.57 Å². The summed E-state index contributed by atoms with van der Waals surface area (Å²) in [5, 5.41) is 3.16. The summed E-state index contributed by atoms with van der Waals surface area (Å²) in [5.41, 5.74) is 1.32. The fraction of sp³-hybridized carbons (Fsp3) is 0.400. The van der Waals surface area contributed by atoms with Gasteiger partial charge in [-0.1, -0.05) is 36.5 Å². The van der Waals surface area contributed by atoms with Gasteiger partial charge in [-0.2, -0.15) is 0 Å². The molecule has 0 saturated heterocycles. The number of likely N-dealkylation sites (N-methyl/N-ethyl adjacent to an activating group) is 1. The maximum atomic E-state index is 3.59. The molecule has 0 aromatic carbocycles. The smallest absolute Gasteiger partial charge is 0.0248 e. The average Bonchev–Trinajstić information content (AvgIpc) is 2.03. The summed E-state index contributed by atoms with van der Waals surface area (Å²) in [4.78, 5) is 0. The van der Waals surface area contributed by atoms with Gasteiger partial charge in [0.1, 0.15) is 0 Å². The van der Waals surface area contributed by atoms with Gasteiger partial charge in [0.2, 0.25) is 0 Å². The van der Waals surface area contributed by atoms with Crippen molar-refractivity contribution < 1.29 is 0 Å². The predicted molar refractivity (Wildman–Crippen MR) is 51.6 cm³/mol. The molecule has 1 atom stereocenters. The van der Waals surface area contributed by atoms with Crippen molar-refractivity contribution >= 4 is 0 Å².